The number of benzene rings is 1. The summed E-state index contributed by atoms with van der Waals surface area (Å²) in [6.45, 7) is 0. The molecule has 0 amide bonds. The third kappa shape index (κ3) is 3.78. The lowest BCUT2D eigenvalue weighted by molar-refractivity contribution is 0.593. The SMILES string of the molecule is Cn1cc(NS(=O)(=O)C2CC2)c(Nc2ccc(I)cc2F)c(F)c1=O. The number of nitrogens with one attached hydrogen (secondary N) is 2. The van der Waals surface area contributed by atoms with E-state index in [4.69, 9.17) is 0 Å². The Balaban J connectivity index is 2.07. The highest BCUT2D eigenvalue weighted by atomic mass is 127. The van der Waals surface area contributed by atoms with Crippen LogP contribution in [0.4, 0.5) is 25.8 Å². The van der Waals surface area contributed by atoms with Crippen LogP contribution in [0.25, 0.3) is 0 Å². The first-order valence-electron chi connectivity index (χ1n) is 7.32. The molecule has 10 heteroatoms. The van der Waals surface area contributed by atoms with Crippen molar-refractivity contribution < 1.29 is 17.2 Å². The zero-order valence-corrected chi connectivity index (χ0v) is 16.0. The smallest absolute Gasteiger partial charge is 0.288 e. The van der Waals surface area contributed by atoms with Crippen LogP contribution in [-0.2, 0) is 17.1 Å². The molecule has 2 aromatic rings. The minimum absolute atomic E-state index is 0.0700. The minimum Gasteiger partial charge on any atom is -0.349 e. The Morgan fingerprint density at radius 3 is 2.52 bits per heavy atom. The first-order valence-corrected chi connectivity index (χ1v) is 9.94. The summed E-state index contributed by atoms with van der Waals surface area (Å²) in [6, 6.07) is 4.21. The predicted octanol–water partition coefficient (Wildman–Crippen LogP) is 2.92. The molecule has 0 spiro atoms. The number of hydrogen-bond acceptors (Lipinski definition) is 4. The third-order valence-electron chi connectivity index (χ3n) is 3.73. The van der Waals surface area contributed by atoms with Crippen LogP contribution in [0.5, 0.6) is 0 Å². The van der Waals surface area contributed by atoms with Gasteiger partial charge in [-0.25, -0.2) is 12.8 Å². The van der Waals surface area contributed by atoms with Gasteiger partial charge in [-0.1, -0.05) is 0 Å². The van der Waals surface area contributed by atoms with Crippen molar-refractivity contribution >= 4 is 49.7 Å². The molecular weight excluding hydrogens is 467 g/mol. The van der Waals surface area contributed by atoms with E-state index in [1.807, 2.05) is 22.6 Å². The maximum atomic E-state index is 14.5. The van der Waals surface area contributed by atoms with Crippen LogP contribution < -0.4 is 15.6 Å². The summed E-state index contributed by atoms with van der Waals surface area (Å²) in [6.07, 6.45) is 2.22. The number of anilines is 3. The fourth-order valence-corrected chi connectivity index (χ4v) is 4.07. The number of pyridine rings is 1. The molecule has 1 fully saturated rings. The maximum Gasteiger partial charge on any atom is 0.288 e. The number of aryl methyl sites for hydroxylation is 1. The molecule has 0 bridgehead atoms. The molecule has 1 aromatic heterocycles. The van der Waals surface area contributed by atoms with Crippen molar-refractivity contribution in [3.63, 3.8) is 0 Å². The van der Waals surface area contributed by atoms with Crippen LogP contribution in [0.2, 0.25) is 0 Å². The fourth-order valence-electron chi connectivity index (χ4n) is 2.24. The van der Waals surface area contributed by atoms with Gasteiger partial charge in [-0.05, 0) is 53.6 Å². The largest absolute Gasteiger partial charge is 0.349 e. The van der Waals surface area contributed by atoms with Crippen LogP contribution in [-0.4, -0.2) is 18.2 Å². The molecule has 1 aliphatic carbocycles. The van der Waals surface area contributed by atoms with E-state index in [1.165, 1.54) is 19.2 Å². The molecule has 1 aromatic carbocycles. The molecule has 1 heterocycles. The number of rotatable bonds is 5. The Morgan fingerprint density at radius 2 is 1.92 bits per heavy atom. The van der Waals surface area contributed by atoms with E-state index < -0.39 is 38.2 Å². The van der Waals surface area contributed by atoms with Crippen molar-refractivity contribution in [1.29, 1.82) is 0 Å². The van der Waals surface area contributed by atoms with Crippen LogP contribution in [0.3, 0.4) is 0 Å². The van der Waals surface area contributed by atoms with Crippen LogP contribution in [0.15, 0.2) is 29.2 Å². The standard InChI is InChI=1S/C15H14F2IN3O3S/c1-21-7-12(20-25(23,24)9-3-4-9)14(13(17)15(21)22)19-11-5-2-8(18)6-10(11)16/h2,5-7,9,19-20H,3-4H2,1H3. The predicted molar refractivity (Wildman–Crippen MR) is 99.6 cm³/mol. The van der Waals surface area contributed by atoms with E-state index in [-0.39, 0.29) is 11.4 Å². The number of aromatic nitrogens is 1. The third-order valence-corrected chi connectivity index (χ3v) is 6.25. The van der Waals surface area contributed by atoms with E-state index in [2.05, 4.69) is 10.0 Å². The highest BCUT2D eigenvalue weighted by molar-refractivity contribution is 14.1. The molecule has 0 radical (unpaired) electrons. The molecule has 1 saturated carbocycles. The van der Waals surface area contributed by atoms with E-state index in [0.29, 0.717) is 16.4 Å². The Hall–Kier alpha value is -1.69. The molecule has 0 atom stereocenters. The summed E-state index contributed by atoms with van der Waals surface area (Å²) in [5.74, 6) is -1.85. The second kappa shape index (κ2) is 6.56. The van der Waals surface area contributed by atoms with Gasteiger partial charge in [0.15, 0.2) is 0 Å². The zero-order valence-electron chi connectivity index (χ0n) is 13.0. The summed E-state index contributed by atoms with van der Waals surface area (Å²) in [7, 11) is -2.38. The Morgan fingerprint density at radius 1 is 1.24 bits per heavy atom. The summed E-state index contributed by atoms with van der Waals surface area (Å²) in [4.78, 5) is 11.9. The lowest BCUT2D eigenvalue weighted by Gasteiger charge is -2.16. The first kappa shape index (κ1) is 18.1. The van der Waals surface area contributed by atoms with Gasteiger partial charge in [0.25, 0.3) is 5.56 Å². The maximum absolute atomic E-state index is 14.5. The van der Waals surface area contributed by atoms with Gasteiger partial charge in [-0.2, -0.15) is 4.39 Å². The second-order valence-corrected chi connectivity index (χ2v) is 8.95. The van der Waals surface area contributed by atoms with Gasteiger partial charge < -0.3 is 9.88 Å². The first-order chi connectivity index (χ1) is 11.7. The molecular formula is C15H14F2IN3O3S. The molecule has 134 valence electrons. The number of hydrogen-bond donors (Lipinski definition) is 2. The normalized spacial score (nSPS) is 14.4. The van der Waals surface area contributed by atoms with Crippen molar-refractivity contribution in [2.24, 2.45) is 7.05 Å². The van der Waals surface area contributed by atoms with Gasteiger partial charge in [0.1, 0.15) is 11.5 Å². The van der Waals surface area contributed by atoms with Crippen LogP contribution >= 0.6 is 22.6 Å². The molecule has 25 heavy (non-hydrogen) atoms. The van der Waals surface area contributed by atoms with E-state index in [9.17, 15) is 22.0 Å². The summed E-state index contributed by atoms with van der Waals surface area (Å²) in [5, 5.41) is 1.96. The Kier molecular flexibility index (Phi) is 4.75. The van der Waals surface area contributed by atoms with Crippen molar-refractivity contribution in [3.8, 4) is 0 Å². The van der Waals surface area contributed by atoms with Gasteiger partial charge in [0, 0.05) is 16.8 Å². The Bertz CT molecular complexity index is 1000. The van der Waals surface area contributed by atoms with Crippen molar-refractivity contribution in [3.05, 3.63) is 50.0 Å². The highest BCUT2D eigenvalue weighted by Crippen LogP contribution is 2.33. The average Bonchev–Trinajstić information content (AvgIpc) is 3.36. The van der Waals surface area contributed by atoms with Gasteiger partial charge in [0.05, 0.1) is 16.6 Å². The molecule has 6 nitrogen and oxygen atoms in total. The summed E-state index contributed by atoms with van der Waals surface area (Å²) < 4.78 is 56.7. The van der Waals surface area contributed by atoms with Gasteiger partial charge in [0.2, 0.25) is 15.8 Å². The van der Waals surface area contributed by atoms with Crippen LogP contribution in [0.1, 0.15) is 12.8 Å². The molecule has 0 saturated heterocycles. The van der Waals surface area contributed by atoms with E-state index in [1.54, 1.807) is 6.07 Å². The molecule has 0 unspecified atom stereocenters. The van der Waals surface area contributed by atoms with Crippen LogP contribution in [0, 0.1) is 15.2 Å². The Labute approximate surface area is 156 Å². The number of sulfonamides is 1. The summed E-state index contributed by atoms with van der Waals surface area (Å²) >= 11 is 1.92. The number of halogens is 3. The highest BCUT2D eigenvalue weighted by Gasteiger charge is 2.36. The fraction of sp³-hybridized carbons (Fsp3) is 0.267. The average molecular weight is 481 g/mol. The van der Waals surface area contributed by atoms with Gasteiger partial charge in [-0.15, -0.1) is 0 Å². The van der Waals surface area contributed by atoms with Crippen molar-refractivity contribution in [2.45, 2.75) is 18.1 Å². The number of nitrogens with zero attached hydrogens (tertiary/aromatic N) is 1. The van der Waals surface area contributed by atoms with Crippen molar-refractivity contribution in [1.82, 2.24) is 4.57 Å². The van der Waals surface area contributed by atoms with Gasteiger partial charge in [-0.3, -0.25) is 9.52 Å². The van der Waals surface area contributed by atoms with E-state index >= 15 is 0 Å². The topological polar surface area (TPSA) is 80.2 Å². The zero-order chi connectivity index (χ0) is 18.4. The van der Waals surface area contributed by atoms with Crippen molar-refractivity contribution in [2.75, 3.05) is 10.0 Å². The minimum atomic E-state index is -3.69. The molecule has 1 aliphatic rings. The molecule has 2 N–H and O–H groups in total. The quantitative estimate of drug-likeness (QED) is 0.644. The van der Waals surface area contributed by atoms with E-state index in [0.717, 1.165) is 10.8 Å². The lowest BCUT2D eigenvalue weighted by atomic mass is 10.2. The summed E-state index contributed by atoms with van der Waals surface area (Å²) in [5.41, 5.74) is -1.58. The molecule has 3 rings (SSSR count). The van der Waals surface area contributed by atoms with Gasteiger partial charge >= 0.3 is 0 Å². The second-order valence-electron chi connectivity index (χ2n) is 5.74. The monoisotopic (exact) mass is 481 g/mol. The molecule has 0 aliphatic heterocycles. The lowest BCUT2D eigenvalue weighted by Crippen LogP contribution is -2.25.